The maximum atomic E-state index is 12.9. The molecule has 1 fully saturated rings. The number of rotatable bonds is 5. The number of hydrogen-bond acceptors (Lipinski definition) is 7. The number of aromatic nitrogens is 4. The van der Waals surface area contributed by atoms with Gasteiger partial charge in [-0.3, -0.25) is 0 Å². The predicted octanol–water partition coefficient (Wildman–Crippen LogP) is 2.98. The lowest BCUT2D eigenvalue weighted by Gasteiger charge is -2.31. The summed E-state index contributed by atoms with van der Waals surface area (Å²) in [5, 5.41) is 7.46. The van der Waals surface area contributed by atoms with Gasteiger partial charge in [-0.2, -0.15) is 11.8 Å². The first kappa shape index (κ1) is 22.5. The van der Waals surface area contributed by atoms with Crippen molar-refractivity contribution in [3.05, 3.63) is 30.5 Å². The van der Waals surface area contributed by atoms with Gasteiger partial charge < -0.3 is 21.0 Å². The van der Waals surface area contributed by atoms with Gasteiger partial charge in [0.1, 0.15) is 18.0 Å². The molecule has 1 saturated heterocycles. The Labute approximate surface area is 171 Å². The van der Waals surface area contributed by atoms with E-state index in [0.29, 0.717) is 5.82 Å². The summed E-state index contributed by atoms with van der Waals surface area (Å²) in [5.41, 5.74) is 7.37. The number of piperidine rings is 1. The van der Waals surface area contributed by atoms with Crippen LogP contribution in [0.2, 0.25) is 0 Å². The molecule has 10 heteroatoms. The third-order valence-electron chi connectivity index (χ3n) is 4.02. The van der Waals surface area contributed by atoms with Gasteiger partial charge in [0, 0.05) is 25.2 Å². The molecule has 1 aliphatic heterocycles. The van der Waals surface area contributed by atoms with E-state index >= 15 is 0 Å². The Bertz CT molecular complexity index is 796. The van der Waals surface area contributed by atoms with Gasteiger partial charge >= 0.3 is 0 Å². The molecule has 0 aromatic carbocycles. The van der Waals surface area contributed by atoms with Crippen molar-refractivity contribution in [1.82, 2.24) is 19.9 Å². The third-order valence-corrected chi connectivity index (χ3v) is 4.38. The first-order chi connectivity index (χ1) is 13.4. The van der Waals surface area contributed by atoms with Gasteiger partial charge in [-0.1, -0.05) is 9.24 Å². The molecule has 2 aromatic rings. The number of anilines is 1. The fourth-order valence-corrected chi connectivity index (χ4v) is 2.81. The van der Waals surface area contributed by atoms with Crippen molar-refractivity contribution in [3.8, 4) is 11.4 Å². The minimum Gasteiger partial charge on any atom is -0.355 e. The largest absolute Gasteiger partial charge is 0.355 e. The van der Waals surface area contributed by atoms with Gasteiger partial charge in [-0.05, 0) is 37.5 Å². The molecule has 0 saturated carbocycles. The molecule has 1 aliphatic rings. The second-order valence-corrected chi connectivity index (χ2v) is 7.79. The number of thioether (sulfide) groups is 1. The third kappa shape index (κ3) is 6.65. The molecule has 7 nitrogen and oxygen atoms in total. The molecule has 3 rings (SSSR count). The number of halogens is 1. The molecule has 28 heavy (non-hydrogen) atoms. The highest BCUT2D eigenvalue weighted by molar-refractivity contribution is 7.97. The molecule has 2 aromatic heterocycles. The van der Waals surface area contributed by atoms with Crippen molar-refractivity contribution >= 4 is 38.6 Å². The first-order valence-corrected chi connectivity index (χ1v) is 11.2. The highest BCUT2D eigenvalue weighted by Gasteiger charge is 2.18. The van der Waals surface area contributed by atoms with E-state index in [0.717, 1.165) is 43.1 Å². The Kier molecular flexibility index (Phi) is 9.02. The Morgan fingerprint density at radius 3 is 2.89 bits per heavy atom. The van der Waals surface area contributed by atoms with Crippen LogP contribution in [0.5, 0.6) is 0 Å². The lowest BCUT2D eigenvalue weighted by molar-refractivity contribution is 0.503. The zero-order chi connectivity index (χ0) is 20.5. The SMILES string of the molecule is CSC.N=C(/C=C\c1ncc(-c2cc(N3CCCC(N)C3)ncn2)[nH]1)C(F)P. The molecular formula is C18H27FN7PS. The fraction of sp³-hybridized carbons (Fsp3) is 0.444. The van der Waals surface area contributed by atoms with Gasteiger partial charge in [-0.25, -0.2) is 19.3 Å². The summed E-state index contributed by atoms with van der Waals surface area (Å²) in [5.74, 6) is -0.00604. The highest BCUT2D eigenvalue weighted by Crippen LogP contribution is 2.22. The van der Waals surface area contributed by atoms with E-state index in [1.165, 1.54) is 12.4 Å². The minimum atomic E-state index is -1.38. The van der Waals surface area contributed by atoms with Gasteiger partial charge in [0.25, 0.3) is 0 Å². The van der Waals surface area contributed by atoms with Crippen LogP contribution >= 0.6 is 21.0 Å². The molecule has 3 atom stereocenters. The lowest BCUT2D eigenvalue weighted by atomic mass is 10.1. The highest BCUT2D eigenvalue weighted by atomic mass is 32.2. The van der Waals surface area contributed by atoms with E-state index < -0.39 is 5.91 Å². The number of nitrogens with two attached hydrogens (primary N) is 1. The predicted molar refractivity (Wildman–Crippen MR) is 120 cm³/mol. The van der Waals surface area contributed by atoms with E-state index in [-0.39, 0.29) is 11.8 Å². The molecule has 0 spiro atoms. The Balaban J connectivity index is 0.000000878. The topological polar surface area (TPSA) is 108 Å². The Morgan fingerprint density at radius 1 is 1.46 bits per heavy atom. The number of nitrogens with zero attached hydrogens (tertiary/aromatic N) is 4. The zero-order valence-corrected chi connectivity index (χ0v) is 18.1. The quantitative estimate of drug-likeness (QED) is 0.504. The van der Waals surface area contributed by atoms with E-state index in [1.54, 1.807) is 24.0 Å². The van der Waals surface area contributed by atoms with Gasteiger partial charge in [0.15, 0.2) is 5.91 Å². The second kappa shape index (κ2) is 11.2. The van der Waals surface area contributed by atoms with E-state index in [1.807, 2.05) is 27.8 Å². The molecule has 0 bridgehead atoms. The van der Waals surface area contributed by atoms with Crippen LogP contribution in [0.1, 0.15) is 18.7 Å². The van der Waals surface area contributed by atoms with Gasteiger partial charge in [0.05, 0.1) is 23.3 Å². The summed E-state index contributed by atoms with van der Waals surface area (Å²) in [6.45, 7) is 1.72. The summed E-state index contributed by atoms with van der Waals surface area (Å²) in [6.07, 6.45) is 12.3. The smallest absolute Gasteiger partial charge is 0.154 e. The summed E-state index contributed by atoms with van der Waals surface area (Å²) >= 11 is 1.75. The number of H-pyrrole nitrogens is 1. The normalized spacial score (nSPS) is 17.9. The van der Waals surface area contributed by atoms with Crippen LogP contribution in [0.3, 0.4) is 0 Å². The van der Waals surface area contributed by atoms with Gasteiger partial charge in [0.2, 0.25) is 0 Å². The summed E-state index contributed by atoms with van der Waals surface area (Å²) in [4.78, 5) is 18.1. The molecule has 0 amide bonds. The van der Waals surface area contributed by atoms with E-state index in [2.05, 4.69) is 24.8 Å². The molecule has 4 N–H and O–H groups in total. The zero-order valence-electron chi connectivity index (χ0n) is 16.1. The standard InChI is InChI=1S/C16H21FN7P.C2H6S/c17-16(25)11(19)3-4-14-20-7-13(23-14)12-6-15(22-9-21-12)24-5-1-2-10(18)8-24;1-3-2/h3-4,6-7,9-10,16,19H,1-2,5,8,18,25H2,(H,20,23);1-2H3/b4-3-,19-11?;. The average Bonchev–Trinajstić information content (AvgIpc) is 3.16. The number of hydrogen-bond donors (Lipinski definition) is 3. The van der Waals surface area contributed by atoms with Crippen LogP contribution in [-0.2, 0) is 0 Å². The van der Waals surface area contributed by atoms with Crippen LogP contribution in [0.25, 0.3) is 17.5 Å². The van der Waals surface area contributed by atoms with Crippen molar-refractivity contribution in [3.63, 3.8) is 0 Å². The minimum absolute atomic E-state index is 0.131. The maximum Gasteiger partial charge on any atom is 0.154 e. The number of allylic oxidation sites excluding steroid dienone is 1. The average molecular weight is 424 g/mol. The monoisotopic (exact) mass is 423 g/mol. The second-order valence-electron chi connectivity index (χ2n) is 6.39. The van der Waals surface area contributed by atoms with Gasteiger partial charge in [-0.15, -0.1) is 0 Å². The molecular weight excluding hydrogens is 396 g/mol. The lowest BCUT2D eigenvalue weighted by Crippen LogP contribution is -2.43. The maximum absolute atomic E-state index is 12.9. The fourth-order valence-electron chi connectivity index (χ4n) is 2.70. The van der Waals surface area contributed by atoms with Crippen molar-refractivity contribution in [2.24, 2.45) is 5.73 Å². The first-order valence-electron chi connectivity index (χ1n) is 8.88. The molecule has 0 aliphatic carbocycles. The summed E-state index contributed by atoms with van der Waals surface area (Å²) in [6, 6.07) is 2.07. The Morgan fingerprint density at radius 2 is 2.21 bits per heavy atom. The van der Waals surface area contributed by atoms with Crippen molar-refractivity contribution in [2.75, 3.05) is 30.5 Å². The molecule has 152 valence electrons. The number of aromatic amines is 1. The number of imidazole rings is 1. The van der Waals surface area contributed by atoms with Crippen LogP contribution < -0.4 is 10.6 Å². The Hall–Kier alpha value is -1.83. The van der Waals surface area contributed by atoms with Crippen molar-refractivity contribution in [1.29, 1.82) is 5.41 Å². The van der Waals surface area contributed by atoms with E-state index in [4.69, 9.17) is 11.1 Å². The van der Waals surface area contributed by atoms with Crippen LogP contribution in [0.15, 0.2) is 24.7 Å². The van der Waals surface area contributed by atoms with Crippen LogP contribution in [0, 0.1) is 5.41 Å². The number of nitrogens with one attached hydrogen (secondary N) is 2. The molecule has 3 unspecified atom stereocenters. The van der Waals surface area contributed by atoms with Crippen molar-refractivity contribution < 1.29 is 4.39 Å². The number of alkyl halides is 1. The molecule has 3 heterocycles. The summed E-state index contributed by atoms with van der Waals surface area (Å²) < 4.78 is 12.9. The van der Waals surface area contributed by atoms with Crippen LogP contribution in [0.4, 0.5) is 10.2 Å². The van der Waals surface area contributed by atoms with Crippen molar-refractivity contribution in [2.45, 2.75) is 24.8 Å². The van der Waals surface area contributed by atoms with E-state index in [9.17, 15) is 4.39 Å². The molecule has 0 radical (unpaired) electrons. The summed E-state index contributed by atoms with van der Waals surface area (Å²) in [7, 11) is 1.94. The van der Waals surface area contributed by atoms with Crippen LogP contribution in [-0.4, -0.2) is 63.2 Å².